The summed E-state index contributed by atoms with van der Waals surface area (Å²) in [5.74, 6) is 1.45. The minimum Gasteiger partial charge on any atom is -0.486 e. The highest BCUT2D eigenvalue weighted by Crippen LogP contribution is 2.26. The quantitative estimate of drug-likeness (QED) is 0.695. The fourth-order valence-electron chi connectivity index (χ4n) is 3.39. The van der Waals surface area contributed by atoms with Crippen LogP contribution >= 0.6 is 0 Å². The maximum Gasteiger partial charge on any atom is 0.263 e. The van der Waals surface area contributed by atoms with Crippen LogP contribution in [0.2, 0.25) is 0 Å². The van der Waals surface area contributed by atoms with Crippen LogP contribution < -0.4 is 9.47 Å². The largest absolute Gasteiger partial charge is 0.486 e. The van der Waals surface area contributed by atoms with Gasteiger partial charge in [-0.2, -0.15) is 0 Å². The molecular formula is C22H22N2O3. The normalized spacial score (nSPS) is 17.7. The number of pyridine rings is 1. The number of aromatic nitrogens is 1. The summed E-state index contributed by atoms with van der Waals surface area (Å²) >= 11 is 0. The third kappa shape index (κ3) is 3.87. The van der Waals surface area contributed by atoms with E-state index in [0.717, 1.165) is 23.1 Å². The number of benzene rings is 2. The Labute approximate surface area is 158 Å². The molecule has 1 saturated heterocycles. The van der Waals surface area contributed by atoms with Gasteiger partial charge in [0.1, 0.15) is 23.1 Å². The van der Waals surface area contributed by atoms with Gasteiger partial charge in [-0.15, -0.1) is 0 Å². The Balaban J connectivity index is 1.39. The van der Waals surface area contributed by atoms with Gasteiger partial charge in [-0.1, -0.05) is 36.4 Å². The molecule has 2 unspecified atom stereocenters. The maximum atomic E-state index is 12.7. The summed E-state index contributed by atoms with van der Waals surface area (Å²) in [7, 11) is 0. The summed E-state index contributed by atoms with van der Waals surface area (Å²) in [6.45, 7) is 3.02. The molecule has 1 amide bonds. The average Bonchev–Trinajstić information content (AvgIpc) is 3.17. The molecule has 0 aliphatic carbocycles. The van der Waals surface area contributed by atoms with Crippen LogP contribution in [0.4, 0.5) is 0 Å². The second kappa shape index (κ2) is 7.66. The van der Waals surface area contributed by atoms with Crippen LogP contribution in [0.15, 0.2) is 66.9 Å². The minimum absolute atomic E-state index is 0.0130. The summed E-state index contributed by atoms with van der Waals surface area (Å²) in [5.41, 5.74) is 0.852. The van der Waals surface area contributed by atoms with Crippen molar-refractivity contribution >= 4 is 16.8 Å². The zero-order valence-corrected chi connectivity index (χ0v) is 15.2. The predicted octanol–water partition coefficient (Wildman–Crippen LogP) is 3.68. The zero-order valence-electron chi connectivity index (χ0n) is 15.2. The Bertz CT molecular complexity index is 924. The molecule has 0 saturated carbocycles. The standard InChI is InChI=1S/C22H22N2O3/c1-16(26-18-9-3-2-4-10-18)22(25)24-14-12-19(15-24)27-20-11-5-7-17-8-6-13-23-21(17)20/h2-11,13,16,19H,12,14-15H2,1H3. The molecule has 2 aromatic carbocycles. The molecule has 3 aromatic rings. The summed E-state index contributed by atoms with van der Waals surface area (Å²) < 4.78 is 11.9. The lowest BCUT2D eigenvalue weighted by atomic mass is 10.2. The van der Waals surface area contributed by atoms with E-state index in [1.807, 2.05) is 65.6 Å². The molecule has 1 aliphatic heterocycles. The van der Waals surface area contributed by atoms with E-state index >= 15 is 0 Å². The lowest BCUT2D eigenvalue weighted by molar-refractivity contribution is -0.137. The van der Waals surface area contributed by atoms with Crippen LogP contribution in [-0.4, -0.2) is 41.1 Å². The van der Waals surface area contributed by atoms with Crippen LogP contribution in [0.5, 0.6) is 11.5 Å². The number of carbonyl (C=O) groups excluding carboxylic acids is 1. The number of likely N-dealkylation sites (tertiary alicyclic amines) is 1. The molecule has 0 spiro atoms. The Hall–Kier alpha value is -3.08. The predicted molar refractivity (Wildman–Crippen MR) is 104 cm³/mol. The van der Waals surface area contributed by atoms with Crippen LogP contribution in [0, 0.1) is 0 Å². The highest BCUT2D eigenvalue weighted by atomic mass is 16.5. The van der Waals surface area contributed by atoms with Gasteiger partial charge in [0, 0.05) is 24.5 Å². The van der Waals surface area contributed by atoms with E-state index in [9.17, 15) is 4.79 Å². The van der Waals surface area contributed by atoms with Crippen molar-refractivity contribution in [3.63, 3.8) is 0 Å². The molecule has 5 heteroatoms. The van der Waals surface area contributed by atoms with Crippen LogP contribution in [0.25, 0.3) is 10.9 Å². The van der Waals surface area contributed by atoms with Crippen molar-refractivity contribution in [3.8, 4) is 11.5 Å². The molecule has 5 nitrogen and oxygen atoms in total. The van der Waals surface area contributed by atoms with Gasteiger partial charge in [0.05, 0.1) is 6.54 Å². The molecule has 1 aliphatic rings. The Morgan fingerprint density at radius 1 is 1.11 bits per heavy atom. The van der Waals surface area contributed by atoms with Crippen molar-refractivity contribution in [3.05, 3.63) is 66.9 Å². The first-order valence-corrected chi connectivity index (χ1v) is 9.21. The molecule has 0 N–H and O–H groups in total. The number of fused-ring (bicyclic) bond motifs is 1. The second-order valence-electron chi connectivity index (χ2n) is 6.72. The van der Waals surface area contributed by atoms with Crippen LogP contribution in [0.1, 0.15) is 13.3 Å². The Morgan fingerprint density at radius 3 is 2.78 bits per heavy atom. The van der Waals surface area contributed by atoms with Crippen LogP contribution in [0.3, 0.4) is 0 Å². The number of amides is 1. The van der Waals surface area contributed by atoms with Crippen molar-refractivity contribution in [2.45, 2.75) is 25.6 Å². The fourth-order valence-corrected chi connectivity index (χ4v) is 3.39. The van der Waals surface area contributed by atoms with Gasteiger partial charge in [0.2, 0.25) is 0 Å². The molecule has 0 bridgehead atoms. The smallest absolute Gasteiger partial charge is 0.263 e. The van der Waals surface area contributed by atoms with Crippen molar-refractivity contribution in [2.24, 2.45) is 0 Å². The lowest BCUT2D eigenvalue weighted by Crippen LogP contribution is -2.40. The number of hydrogen-bond donors (Lipinski definition) is 0. The van der Waals surface area contributed by atoms with Gasteiger partial charge in [0.15, 0.2) is 6.10 Å². The van der Waals surface area contributed by atoms with E-state index in [2.05, 4.69) is 4.98 Å². The third-order valence-electron chi connectivity index (χ3n) is 4.75. The maximum absolute atomic E-state index is 12.7. The first-order valence-electron chi connectivity index (χ1n) is 9.21. The molecule has 0 radical (unpaired) electrons. The van der Waals surface area contributed by atoms with E-state index in [4.69, 9.17) is 9.47 Å². The topological polar surface area (TPSA) is 51.7 Å². The Morgan fingerprint density at radius 2 is 1.93 bits per heavy atom. The molecule has 2 heterocycles. The van der Waals surface area contributed by atoms with E-state index in [0.29, 0.717) is 18.8 Å². The SMILES string of the molecule is CC(Oc1ccccc1)C(=O)N1CCC(Oc2cccc3cccnc23)C1. The number of nitrogens with zero attached hydrogens (tertiary/aromatic N) is 2. The molecule has 1 fully saturated rings. The number of ether oxygens (including phenoxy) is 2. The van der Waals surface area contributed by atoms with Gasteiger partial charge < -0.3 is 14.4 Å². The van der Waals surface area contributed by atoms with Gasteiger partial charge in [-0.25, -0.2) is 0 Å². The van der Waals surface area contributed by atoms with E-state index in [1.165, 1.54) is 0 Å². The first-order chi connectivity index (χ1) is 13.2. The van der Waals surface area contributed by atoms with Crippen molar-refractivity contribution < 1.29 is 14.3 Å². The minimum atomic E-state index is -0.523. The van der Waals surface area contributed by atoms with Gasteiger partial charge in [-0.3, -0.25) is 9.78 Å². The fraction of sp³-hybridized carbons (Fsp3) is 0.273. The van der Waals surface area contributed by atoms with Crippen LogP contribution in [-0.2, 0) is 4.79 Å². The van der Waals surface area contributed by atoms with Gasteiger partial charge in [0.25, 0.3) is 5.91 Å². The van der Waals surface area contributed by atoms with Crippen molar-refractivity contribution in [2.75, 3.05) is 13.1 Å². The summed E-state index contributed by atoms with van der Waals surface area (Å²) in [6, 6.07) is 19.3. The first kappa shape index (κ1) is 17.3. The van der Waals surface area contributed by atoms with E-state index in [-0.39, 0.29) is 12.0 Å². The summed E-state index contributed by atoms with van der Waals surface area (Å²) in [5, 5.41) is 1.05. The average molecular weight is 362 g/mol. The number of carbonyl (C=O) groups is 1. The Kier molecular flexibility index (Phi) is 4.92. The monoisotopic (exact) mass is 362 g/mol. The zero-order chi connectivity index (χ0) is 18.6. The molecule has 138 valence electrons. The van der Waals surface area contributed by atoms with E-state index < -0.39 is 6.10 Å². The van der Waals surface area contributed by atoms with Gasteiger partial charge in [-0.05, 0) is 31.2 Å². The van der Waals surface area contributed by atoms with Gasteiger partial charge >= 0.3 is 0 Å². The van der Waals surface area contributed by atoms with E-state index in [1.54, 1.807) is 13.1 Å². The third-order valence-corrected chi connectivity index (χ3v) is 4.75. The van der Waals surface area contributed by atoms with Crippen molar-refractivity contribution in [1.29, 1.82) is 0 Å². The number of rotatable bonds is 5. The molecular weight excluding hydrogens is 340 g/mol. The molecule has 2 atom stereocenters. The molecule has 1 aromatic heterocycles. The lowest BCUT2D eigenvalue weighted by Gasteiger charge is -2.22. The second-order valence-corrected chi connectivity index (χ2v) is 6.72. The number of para-hydroxylation sites is 2. The highest BCUT2D eigenvalue weighted by molar-refractivity contribution is 5.84. The summed E-state index contributed by atoms with van der Waals surface area (Å²) in [4.78, 5) is 18.9. The van der Waals surface area contributed by atoms with Crippen molar-refractivity contribution in [1.82, 2.24) is 9.88 Å². The molecule has 27 heavy (non-hydrogen) atoms. The summed E-state index contributed by atoms with van der Waals surface area (Å²) in [6.07, 6.45) is 2.01. The highest BCUT2D eigenvalue weighted by Gasteiger charge is 2.31. The molecule has 4 rings (SSSR count). The number of hydrogen-bond acceptors (Lipinski definition) is 4.